The molecule has 0 amide bonds. The zero-order valence-electron chi connectivity index (χ0n) is 15.6. The predicted molar refractivity (Wildman–Crippen MR) is 103 cm³/mol. The normalized spacial score (nSPS) is 23.4. The summed E-state index contributed by atoms with van der Waals surface area (Å²) in [4.78, 5) is 11.0. The number of rotatable bonds is 7. The lowest BCUT2D eigenvalue weighted by molar-refractivity contribution is 0.118. The van der Waals surface area contributed by atoms with Crippen molar-refractivity contribution in [3.8, 4) is 0 Å². The summed E-state index contributed by atoms with van der Waals surface area (Å²) in [7, 11) is 1.73. The van der Waals surface area contributed by atoms with Crippen LogP contribution in [-0.4, -0.2) is 48.9 Å². The Balaban J connectivity index is 1.46. The summed E-state index contributed by atoms with van der Waals surface area (Å²) in [6.45, 7) is 2.07. The van der Waals surface area contributed by atoms with Crippen LogP contribution in [0.2, 0.25) is 0 Å². The van der Waals surface area contributed by atoms with Gasteiger partial charge in [-0.25, -0.2) is 14.4 Å². The van der Waals surface area contributed by atoms with Crippen LogP contribution in [0.3, 0.4) is 0 Å². The van der Waals surface area contributed by atoms with Crippen molar-refractivity contribution in [3.63, 3.8) is 0 Å². The van der Waals surface area contributed by atoms with Crippen molar-refractivity contribution in [1.29, 1.82) is 0 Å². The van der Waals surface area contributed by atoms with Crippen LogP contribution in [0.1, 0.15) is 24.8 Å². The van der Waals surface area contributed by atoms with E-state index < -0.39 is 0 Å². The third kappa shape index (κ3) is 3.75. The van der Waals surface area contributed by atoms with Crippen molar-refractivity contribution in [3.05, 3.63) is 48.0 Å². The van der Waals surface area contributed by atoms with Crippen molar-refractivity contribution in [2.75, 3.05) is 37.0 Å². The summed E-state index contributed by atoms with van der Waals surface area (Å²) in [5.74, 6) is 1.45. The number of hydrogen-bond donors (Lipinski definition) is 2. The van der Waals surface area contributed by atoms with E-state index in [2.05, 4.69) is 20.2 Å². The molecular formula is C20H26FN5O. The maximum Gasteiger partial charge on any atom is 0.134 e. The number of ether oxygens (including phenoxy) is 1. The summed E-state index contributed by atoms with van der Waals surface area (Å²) in [6, 6.07) is 9.09. The molecule has 27 heavy (non-hydrogen) atoms. The molecule has 0 spiro atoms. The maximum atomic E-state index is 13.6. The topological polar surface area (TPSA) is 76.3 Å². The van der Waals surface area contributed by atoms with Crippen LogP contribution in [0, 0.1) is 5.82 Å². The van der Waals surface area contributed by atoms with Gasteiger partial charge in [0.1, 0.15) is 23.8 Å². The van der Waals surface area contributed by atoms with Gasteiger partial charge in [-0.3, -0.25) is 0 Å². The van der Waals surface area contributed by atoms with Gasteiger partial charge < -0.3 is 20.7 Å². The SMILES string of the molecule is CO[C@H]1C[C@@H](CN)N(c2cc(NCC3(c4cccc(F)c4)CC3)ncn2)C1. The predicted octanol–water partition coefficient (Wildman–Crippen LogP) is 2.31. The van der Waals surface area contributed by atoms with Crippen molar-refractivity contribution in [2.45, 2.75) is 36.8 Å². The van der Waals surface area contributed by atoms with Crippen LogP contribution in [-0.2, 0) is 10.2 Å². The number of methoxy groups -OCH3 is 1. The molecule has 1 aromatic heterocycles. The van der Waals surface area contributed by atoms with Gasteiger partial charge in [0.25, 0.3) is 0 Å². The second kappa shape index (κ2) is 7.40. The van der Waals surface area contributed by atoms with Gasteiger partial charge in [0.05, 0.1) is 6.10 Å². The lowest BCUT2D eigenvalue weighted by Gasteiger charge is -2.24. The second-order valence-corrected chi connectivity index (χ2v) is 7.54. The molecule has 4 rings (SSSR count). The second-order valence-electron chi connectivity index (χ2n) is 7.54. The van der Waals surface area contributed by atoms with E-state index in [-0.39, 0.29) is 23.4 Å². The third-order valence-corrected chi connectivity index (χ3v) is 5.83. The first-order chi connectivity index (χ1) is 13.1. The highest BCUT2D eigenvalue weighted by Gasteiger charge is 2.44. The third-order valence-electron chi connectivity index (χ3n) is 5.83. The first-order valence-corrected chi connectivity index (χ1v) is 9.45. The van der Waals surface area contributed by atoms with Crippen molar-refractivity contribution >= 4 is 11.6 Å². The van der Waals surface area contributed by atoms with Gasteiger partial charge in [-0.15, -0.1) is 0 Å². The molecule has 1 aromatic carbocycles. The Morgan fingerprint density at radius 1 is 1.33 bits per heavy atom. The van der Waals surface area contributed by atoms with Crippen LogP contribution in [0.15, 0.2) is 36.7 Å². The lowest BCUT2D eigenvalue weighted by atomic mass is 9.96. The Kier molecular flexibility index (Phi) is 4.97. The summed E-state index contributed by atoms with van der Waals surface area (Å²) in [5, 5.41) is 3.42. The van der Waals surface area contributed by atoms with Gasteiger partial charge >= 0.3 is 0 Å². The largest absolute Gasteiger partial charge is 0.380 e. The van der Waals surface area contributed by atoms with E-state index in [1.54, 1.807) is 25.6 Å². The molecule has 6 nitrogen and oxygen atoms in total. The van der Waals surface area contributed by atoms with Crippen molar-refractivity contribution < 1.29 is 9.13 Å². The van der Waals surface area contributed by atoms with Gasteiger partial charge in [-0.05, 0) is 37.0 Å². The molecule has 2 fully saturated rings. The summed E-state index contributed by atoms with van der Waals surface area (Å²) in [6.07, 6.45) is 4.76. The van der Waals surface area contributed by atoms with Gasteiger partial charge in [0, 0.05) is 44.3 Å². The molecule has 3 N–H and O–H groups in total. The van der Waals surface area contributed by atoms with E-state index in [4.69, 9.17) is 10.5 Å². The van der Waals surface area contributed by atoms with E-state index >= 15 is 0 Å². The van der Waals surface area contributed by atoms with Crippen molar-refractivity contribution in [2.24, 2.45) is 5.73 Å². The number of benzene rings is 1. The number of anilines is 2. The van der Waals surface area contributed by atoms with Gasteiger partial charge in [0.2, 0.25) is 0 Å². The number of hydrogen-bond acceptors (Lipinski definition) is 6. The molecule has 0 unspecified atom stereocenters. The maximum absolute atomic E-state index is 13.6. The molecule has 1 aliphatic carbocycles. The molecule has 0 bridgehead atoms. The number of aromatic nitrogens is 2. The fourth-order valence-electron chi connectivity index (χ4n) is 3.95. The van der Waals surface area contributed by atoms with E-state index in [1.807, 2.05) is 12.1 Å². The van der Waals surface area contributed by atoms with Crippen LogP contribution < -0.4 is 16.0 Å². The fourth-order valence-corrected chi connectivity index (χ4v) is 3.95. The highest BCUT2D eigenvalue weighted by Crippen LogP contribution is 2.48. The zero-order chi connectivity index (χ0) is 18.9. The fraction of sp³-hybridized carbons (Fsp3) is 0.500. The molecule has 1 aliphatic heterocycles. The van der Waals surface area contributed by atoms with Crippen LogP contribution in [0.5, 0.6) is 0 Å². The first-order valence-electron chi connectivity index (χ1n) is 9.45. The average molecular weight is 371 g/mol. The van der Waals surface area contributed by atoms with E-state index in [0.29, 0.717) is 6.54 Å². The minimum atomic E-state index is -0.183. The van der Waals surface area contributed by atoms with E-state index in [0.717, 1.165) is 49.6 Å². The van der Waals surface area contributed by atoms with Gasteiger partial charge in [-0.2, -0.15) is 0 Å². The molecule has 144 valence electrons. The van der Waals surface area contributed by atoms with Gasteiger partial charge in [-0.1, -0.05) is 12.1 Å². The number of halogens is 1. The highest BCUT2D eigenvalue weighted by atomic mass is 19.1. The van der Waals surface area contributed by atoms with Gasteiger partial charge in [0.15, 0.2) is 0 Å². The Morgan fingerprint density at radius 3 is 2.89 bits per heavy atom. The van der Waals surface area contributed by atoms with E-state index in [1.165, 1.54) is 6.07 Å². The smallest absolute Gasteiger partial charge is 0.134 e. The molecule has 2 aromatic rings. The minimum Gasteiger partial charge on any atom is -0.380 e. The summed E-state index contributed by atoms with van der Waals surface area (Å²) in [5.41, 5.74) is 6.98. The molecule has 1 saturated heterocycles. The van der Waals surface area contributed by atoms with Crippen LogP contribution in [0.25, 0.3) is 0 Å². The molecule has 2 heterocycles. The quantitative estimate of drug-likeness (QED) is 0.778. The summed E-state index contributed by atoms with van der Waals surface area (Å²) < 4.78 is 19.1. The monoisotopic (exact) mass is 371 g/mol. The summed E-state index contributed by atoms with van der Waals surface area (Å²) >= 11 is 0. The Morgan fingerprint density at radius 2 is 2.19 bits per heavy atom. The Bertz CT molecular complexity index is 797. The van der Waals surface area contributed by atoms with Crippen molar-refractivity contribution in [1.82, 2.24) is 9.97 Å². The number of nitrogens with one attached hydrogen (secondary N) is 1. The first kappa shape index (κ1) is 18.1. The molecule has 1 saturated carbocycles. The van der Waals surface area contributed by atoms with Crippen LogP contribution in [0.4, 0.5) is 16.0 Å². The highest BCUT2D eigenvalue weighted by molar-refractivity contribution is 5.51. The minimum absolute atomic E-state index is 0.00178. The molecule has 2 aliphatic rings. The van der Waals surface area contributed by atoms with E-state index in [9.17, 15) is 4.39 Å². The Labute approximate surface area is 158 Å². The average Bonchev–Trinajstić information content (AvgIpc) is 3.37. The van der Waals surface area contributed by atoms with Crippen LogP contribution >= 0.6 is 0 Å². The Hall–Kier alpha value is -2.25. The number of nitrogens with zero attached hydrogens (tertiary/aromatic N) is 3. The standard InChI is InChI=1S/C20H26FN5O/c1-27-17-8-16(10-22)26(11-17)19-9-18(24-13-25-19)23-12-20(5-6-20)14-3-2-4-15(21)7-14/h2-4,7,9,13,16-17H,5-6,8,10-12,22H2,1H3,(H,23,24,25)/t16-,17-/m0/s1. The zero-order valence-corrected chi connectivity index (χ0v) is 15.6. The number of nitrogens with two attached hydrogens (primary N) is 1. The lowest BCUT2D eigenvalue weighted by Crippen LogP contribution is -2.36. The molecular weight excluding hydrogens is 345 g/mol. The molecule has 7 heteroatoms. The molecule has 2 atom stereocenters. The molecule has 0 radical (unpaired) electrons.